The van der Waals surface area contributed by atoms with Gasteiger partial charge in [-0.15, -0.1) is 11.8 Å². The van der Waals surface area contributed by atoms with Crippen LogP contribution < -0.4 is 10.1 Å². The quantitative estimate of drug-likeness (QED) is 0.545. The minimum atomic E-state index is -4.51. The van der Waals surface area contributed by atoms with Crippen molar-refractivity contribution in [1.82, 2.24) is 5.32 Å². The molecule has 2 N–H and O–H groups in total. The van der Waals surface area contributed by atoms with E-state index < -0.39 is 17.6 Å². The van der Waals surface area contributed by atoms with Crippen molar-refractivity contribution in [3.05, 3.63) is 23.3 Å². The Morgan fingerprint density at radius 3 is 2.54 bits per heavy atom. The van der Waals surface area contributed by atoms with Crippen LogP contribution in [0.5, 0.6) is 5.75 Å². The highest BCUT2D eigenvalue weighted by Crippen LogP contribution is 2.38. The lowest BCUT2D eigenvalue weighted by molar-refractivity contribution is -0.137. The zero-order valence-electron chi connectivity index (χ0n) is 13.9. The van der Waals surface area contributed by atoms with Crippen molar-refractivity contribution in [2.75, 3.05) is 20.0 Å². The van der Waals surface area contributed by atoms with Crippen LogP contribution in [-0.2, 0) is 6.18 Å². The number of amides is 1. The first-order valence-corrected chi connectivity index (χ1v) is 8.72. The molecule has 24 heavy (non-hydrogen) atoms. The molecule has 1 amide bonds. The molecule has 1 atom stereocenters. The van der Waals surface area contributed by atoms with Crippen LogP contribution in [-0.4, -0.2) is 37.0 Å². The summed E-state index contributed by atoms with van der Waals surface area (Å²) in [5.41, 5.74) is -0.747. The van der Waals surface area contributed by atoms with Crippen molar-refractivity contribution < 1.29 is 27.8 Å². The van der Waals surface area contributed by atoms with Gasteiger partial charge in [0.25, 0.3) is 5.91 Å². The number of unbranched alkanes of at least 4 members (excludes halogenated alkanes) is 1. The summed E-state index contributed by atoms with van der Waals surface area (Å²) in [4.78, 5) is 12.7. The van der Waals surface area contributed by atoms with Crippen LogP contribution in [0.25, 0.3) is 0 Å². The molecule has 0 bridgehead atoms. The van der Waals surface area contributed by atoms with Crippen LogP contribution in [0, 0.1) is 0 Å². The fraction of sp³-hybridized carbons (Fsp3) is 0.562. The molecule has 4 nitrogen and oxygen atoms in total. The van der Waals surface area contributed by atoms with Crippen LogP contribution in [0.1, 0.15) is 42.1 Å². The van der Waals surface area contributed by atoms with Crippen LogP contribution >= 0.6 is 11.8 Å². The van der Waals surface area contributed by atoms with E-state index in [4.69, 9.17) is 9.84 Å². The smallest absolute Gasteiger partial charge is 0.416 e. The molecule has 0 spiro atoms. The van der Waals surface area contributed by atoms with Crippen molar-refractivity contribution in [3.8, 4) is 5.75 Å². The summed E-state index contributed by atoms with van der Waals surface area (Å²) in [6.45, 7) is 1.90. The van der Waals surface area contributed by atoms with Gasteiger partial charge in [0, 0.05) is 17.5 Å². The Labute approximate surface area is 143 Å². The van der Waals surface area contributed by atoms with Gasteiger partial charge in [-0.1, -0.05) is 0 Å². The summed E-state index contributed by atoms with van der Waals surface area (Å²) in [5.74, 6) is -0.573. The van der Waals surface area contributed by atoms with E-state index in [-0.39, 0.29) is 28.9 Å². The van der Waals surface area contributed by atoms with E-state index in [0.29, 0.717) is 12.8 Å². The number of nitrogens with one attached hydrogen (secondary N) is 1. The van der Waals surface area contributed by atoms with E-state index in [1.165, 1.54) is 7.11 Å². The predicted octanol–water partition coefficient (Wildman–Crippen LogP) is 3.72. The third kappa shape index (κ3) is 5.59. The molecule has 0 saturated heterocycles. The van der Waals surface area contributed by atoms with Gasteiger partial charge < -0.3 is 15.2 Å². The van der Waals surface area contributed by atoms with E-state index >= 15 is 0 Å². The highest BCUT2D eigenvalue weighted by Gasteiger charge is 2.33. The second kappa shape index (κ2) is 9.17. The average Bonchev–Trinajstić information content (AvgIpc) is 2.52. The fourth-order valence-electron chi connectivity index (χ4n) is 2.23. The summed E-state index contributed by atoms with van der Waals surface area (Å²) in [6, 6.07) is 1.63. The zero-order chi connectivity index (χ0) is 18.3. The highest BCUT2D eigenvalue weighted by atomic mass is 32.2. The molecule has 0 aliphatic carbocycles. The van der Waals surface area contributed by atoms with Gasteiger partial charge in [-0.3, -0.25) is 4.79 Å². The molecule has 0 aliphatic rings. The number of hydrogen-bond acceptors (Lipinski definition) is 4. The molecule has 1 aromatic rings. The molecular formula is C16H22F3NO3S. The number of alkyl halides is 3. The summed E-state index contributed by atoms with van der Waals surface area (Å²) in [6.07, 6.45) is -0.845. The summed E-state index contributed by atoms with van der Waals surface area (Å²) in [5, 5.41) is 11.5. The Hall–Kier alpha value is -1.41. The fourth-order valence-corrected chi connectivity index (χ4v) is 2.87. The number of methoxy groups -OCH3 is 1. The number of benzene rings is 1. The maximum Gasteiger partial charge on any atom is 0.416 e. The summed E-state index contributed by atoms with van der Waals surface area (Å²) < 4.78 is 43.9. The Balaban J connectivity index is 3.06. The van der Waals surface area contributed by atoms with E-state index in [1.807, 2.05) is 6.92 Å². The van der Waals surface area contributed by atoms with Crippen LogP contribution in [0.4, 0.5) is 13.2 Å². The number of thioether (sulfide) groups is 1. The highest BCUT2D eigenvalue weighted by molar-refractivity contribution is 7.98. The number of carbonyl (C=O) groups excluding carboxylic acids is 1. The van der Waals surface area contributed by atoms with Crippen molar-refractivity contribution in [1.29, 1.82) is 0 Å². The topological polar surface area (TPSA) is 58.6 Å². The number of aliphatic hydroxyl groups excluding tert-OH is 1. The third-order valence-corrected chi connectivity index (χ3v) is 4.24. The normalized spacial score (nSPS) is 12.8. The number of rotatable bonds is 8. The number of hydrogen-bond donors (Lipinski definition) is 2. The van der Waals surface area contributed by atoms with E-state index in [0.717, 1.165) is 30.3 Å². The number of halogens is 3. The summed E-state index contributed by atoms with van der Waals surface area (Å²) >= 11 is 1.06. The molecule has 0 aromatic heterocycles. The molecule has 0 heterocycles. The molecule has 1 aromatic carbocycles. The van der Waals surface area contributed by atoms with E-state index in [9.17, 15) is 18.0 Å². The lowest BCUT2D eigenvalue weighted by Crippen LogP contribution is -2.33. The average molecular weight is 365 g/mol. The largest absolute Gasteiger partial charge is 0.496 e. The SMILES string of the molecule is COc1cc(C(F)(F)F)cc(SC)c1C(=O)NC(C)CCCCO. The molecular weight excluding hydrogens is 343 g/mol. The Kier molecular flexibility index (Phi) is 7.89. The van der Waals surface area contributed by atoms with Gasteiger partial charge in [-0.05, 0) is 44.6 Å². The van der Waals surface area contributed by atoms with Gasteiger partial charge in [0.05, 0.1) is 18.2 Å². The monoisotopic (exact) mass is 365 g/mol. The van der Waals surface area contributed by atoms with Crippen LogP contribution in [0.2, 0.25) is 0 Å². The lowest BCUT2D eigenvalue weighted by Gasteiger charge is -2.19. The van der Waals surface area contributed by atoms with Crippen LogP contribution in [0.3, 0.4) is 0 Å². The van der Waals surface area contributed by atoms with Crippen molar-refractivity contribution >= 4 is 17.7 Å². The second-order valence-corrected chi connectivity index (χ2v) is 6.20. The van der Waals surface area contributed by atoms with E-state index in [2.05, 4.69) is 5.32 Å². The Morgan fingerprint density at radius 2 is 2.04 bits per heavy atom. The Bertz CT molecular complexity index is 539. The zero-order valence-corrected chi connectivity index (χ0v) is 14.7. The second-order valence-electron chi connectivity index (χ2n) is 5.35. The molecule has 8 heteroatoms. The van der Waals surface area contributed by atoms with Crippen molar-refractivity contribution in [3.63, 3.8) is 0 Å². The molecule has 0 aliphatic heterocycles. The molecule has 0 radical (unpaired) electrons. The number of aliphatic hydroxyl groups is 1. The molecule has 1 rings (SSSR count). The van der Waals surface area contributed by atoms with Gasteiger partial charge in [0.15, 0.2) is 0 Å². The van der Waals surface area contributed by atoms with Crippen molar-refractivity contribution in [2.24, 2.45) is 0 Å². The predicted molar refractivity (Wildman–Crippen MR) is 87.6 cm³/mol. The summed E-state index contributed by atoms with van der Waals surface area (Å²) in [7, 11) is 1.24. The van der Waals surface area contributed by atoms with Gasteiger partial charge in [-0.2, -0.15) is 13.2 Å². The van der Waals surface area contributed by atoms with Crippen LogP contribution in [0.15, 0.2) is 17.0 Å². The lowest BCUT2D eigenvalue weighted by atomic mass is 10.1. The molecule has 1 unspecified atom stereocenters. The first-order valence-electron chi connectivity index (χ1n) is 7.49. The first-order chi connectivity index (χ1) is 11.2. The van der Waals surface area contributed by atoms with Crippen molar-refractivity contribution in [2.45, 2.75) is 43.3 Å². The van der Waals surface area contributed by atoms with Gasteiger partial charge in [-0.25, -0.2) is 0 Å². The number of carbonyl (C=O) groups is 1. The maximum absolute atomic E-state index is 13.0. The minimum absolute atomic E-state index is 0.0873. The number of ether oxygens (including phenoxy) is 1. The third-order valence-electron chi connectivity index (χ3n) is 3.48. The van der Waals surface area contributed by atoms with Gasteiger partial charge >= 0.3 is 6.18 Å². The first kappa shape index (κ1) is 20.6. The Morgan fingerprint density at radius 1 is 1.38 bits per heavy atom. The minimum Gasteiger partial charge on any atom is -0.496 e. The molecule has 0 saturated carbocycles. The molecule has 0 fully saturated rings. The standard InChI is InChI=1S/C16H22F3NO3S/c1-10(6-4-5-7-21)20-15(22)14-12(23-2)8-11(16(17,18)19)9-13(14)24-3/h8-10,21H,4-7H2,1-3H3,(H,20,22). The van der Waals surface area contributed by atoms with Gasteiger partial charge in [0.2, 0.25) is 0 Å². The van der Waals surface area contributed by atoms with Gasteiger partial charge in [0.1, 0.15) is 5.75 Å². The molecule has 136 valence electrons. The maximum atomic E-state index is 13.0. The van der Waals surface area contributed by atoms with E-state index in [1.54, 1.807) is 6.26 Å².